The summed E-state index contributed by atoms with van der Waals surface area (Å²) in [5.74, 6) is 0.319. The molecule has 4 rings (SSSR count). The molecule has 0 bridgehead atoms. The molecule has 0 atom stereocenters. The normalized spacial score (nSPS) is 11.0. The van der Waals surface area contributed by atoms with Gasteiger partial charge in [0.2, 0.25) is 0 Å². The van der Waals surface area contributed by atoms with E-state index in [9.17, 15) is 8.78 Å². The Morgan fingerprint density at radius 3 is 2.21 bits per heavy atom. The van der Waals surface area contributed by atoms with E-state index in [1.807, 2.05) is 28.8 Å². The molecule has 29 heavy (non-hydrogen) atoms. The van der Waals surface area contributed by atoms with Gasteiger partial charge in [0.25, 0.3) is 0 Å². The number of hydrogen-bond donors (Lipinski definition) is 0. The summed E-state index contributed by atoms with van der Waals surface area (Å²) in [5.41, 5.74) is 2.18. The van der Waals surface area contributed by atoms with Crippen molar-refractivity contribution in [2.24, 2.45) is 0 Å². The van der Waals surface area contributed by atoms with E-state index in [4.69, 9.17) is 0 Å². The van der Waals surface area contributed by atoms with Crippen molar-refractivity contribution in [3.05, 3.63) is 102 Å². The molecule has 0 fully saturated rings. The summed E-state index contributed by atoms with van der Waals surface area (Å²) in [6, 6.07) is 23.3. The second kappa shape index (κ2) is 9.01. The smallest absolute Gasteiger partial charge is 0.191 e. The average molecular weight is 407 g/mol. The lowest BCUT2D eigenvalue weighted by atomic mass is 10.1. The van der Waals surface area contributed by atoms with E-state index < -0.39 is 0 Å². The highest BCUT2D eigenvalue weighted by molar-refractivity contribution is 7.98. The molecular weight excluding hydrogens is 388 g/mol. The quantitative estimate of drug-likeness (QED) is 0.365. The minimum absolute atomic E-state index is 0.246. The number of rotatable bonds is 7. The largest absolute Gasteiger partial charge is 0.302 e. The monoisotopic (exact) mass is 407 g/mol. The Balaban J connectivity index is 1.63. The van der Waals surface area contributed by atoms with E-state index in [-0.39, 0.29) is 11.6 Å². The SMILES string of the molecule is Fc1ccccc1CSc1nnc(-c2ccccc2F)n1CCc1ccccc1. The van der Waals surface area contributed by atoms with Crippen LogP contribution < -0.4 is 0 Å². The maximum atomic E-state index is 14.4. The summed E-state index contributed by atoms with van der Waals surface area (Å²) in [6.45, 7) is 0.598. The van der Waals surface area contributed by atoms with Crippen LogP contribution in [0.1, 0.15) is 11.1 Å². The van der Waals surface area contributed by atoms with Crippen molar-refractivity contribution in [2.75, 3.05) is 0 Å². The summed E-state index contributed by atoms with van der Waals surface area (Å²) in [4.78, 5) is 0. The lowest BCUT2D eigenvalue weighted by molar-refractivity contribution is 0.614. The molecule has 4 aromatic rings. The van der Waals surface area contributed by atoms with E-state index in [0.717, 1.165) is 6.42 Å². The van der Waals surface area contributed by atoms with Crippen LogP contribution in [0, 0.1) is 11.6 Å². The third-order valence-corrected chi connectivity index (χ3v) is 5.63. The average Bonchev–Trinajstić information content (AvgIpc) is 3.15. The zero-order valence-corrected chi connectivity index (χ0v) is 16.4. The summed E-state index contributed by atoms with van der Waals surface area (Å²) >= 11 is 1.40. The van der Waals surface area contributed by atoms with Crippen molar-refractivity contribution in [1.29, 1.82) is 0 Å². The molecule has 0 aliphatic heterocycles. The van der Waals surface area contributed by atoms with Gasteiger partial charge >= 0.3 is 0 Å². The molecule has 6 heteroatoms. The predicted octanol–water partition coefficient (Wildman–Crippen LogP) is 5.76. The van der Waals surface area contributed by atoms with Crippen LogP contribution in [0.3, 0.4) is 0 Å². The van der Waals surface area contributed by atoms with E-state index in [1.165, 1.54) is 29.5 Å². The van der Waals surface area contributed by atoms with Crippen LogP contribution in [0.4, 0.5) is 8.78 Å². The van der Waals surface area contributed by atoms with E-state index in [2.05, 4.69) is 22.3 Å². The number of nitrogens with zero attached hydrogens (tertiary/aromatic N) is 3. The van der Waals surface area contributed by atoms with Gasteiger partial charge in [0.1, 0.15) is 11.6 Å². The van der Waals surface area contributed by atoms with Gasteiger partial charge in [0.15, 0.2) is 11.0 Å². The van der Waals surface area contributed by atoms with Crippen LogP contribution in [0.5, 0.6) is 0 Å². The molecule has 0 amide bonds. The fraction of sp³-hybridized carbons (Fsp3) is 0.130. The molecule has 0 N–H and O–H groups in total. The lowest BCUT2D eigenvalue weighted by Gasteiger charge is -2.11. The van der Waals surface area contributed by atoms with Crippen LogP contribution >= 0.6 is 11.8 Å². The Morgan fingerprint density at radius 1 is 0.759 bits per heavy atom. The first-order chi connectivity index (χ1) is 14.2. The molecule has 3 nitrogen and oxygen atoms in total. The molecule has 1 heterocycles. The number of hydrogen-bond acceptors (Lipinski definition) is 3. The molecule has 0 aliphatic rings. The van der Waals surface area contributed by atoms with Crippen LogP contribution in [0.15, 0.2) is 84.0 Å². The van der Waals surface area contributed by atoms with E-state index in [1.54, 1.807) is 30.3 Å². The molecule has 0 aliphatic carbocycles. The van der Waals surface area contributed by atoms with Crippen LogP contribution in [0.2, 0.25) is 0 Å². The number of aromatic nitrogens is 3. The van der Waals surface area contributed by atoms with Gasteiger partial charge in [-0.25, -0.2) is 8.78 Å². The maximum Gasteiger partial charge on any atom is 0.191 e. The fourth-order valence-corrected chi connectivity index (χ4v) is 4.03. The Morgan fingerprint density at radius 2 is 1.45 bits per heavy atom. The van der Waals surface area contributed by atoms with Gasteiger partial charge in [-0.15, -0.1) is 10.2 Å². The molecule has 0 unspecified atom stereocenters. The number of halogens is 2. The van der Waals surface area contributed by atoms with E-state index >= 15 is 0 Å². The Bertz CT molecular complexity index is 1100. The standard InChI is InChI=1S/C23H19F2N3S/c24-20-12-6-4-10-18(20)16-29-23-27-26-22(19-11-5-7-13-21(19)25)28(23)15-14-17-8-2-1-3-9-17/h1-13H,14-16H2. The van der Waals surface area contributed by atoms with Crippen LogP contribution in [0.25, 0.3) is 11.4 Å². The molecule has 0 spiro atoms. The van der Waals surface area contributed by atoms with Gasteiger partial charge in [0, 0.05) is 12.3 Å². The van der Waals surface area contributed by atoms with Gasteiger partial charge in [-0.2, -0.15) is 0 Å². The lowest BCUT2D eigenvalue weighted by Crippen LogP contribution is -2.06. The predicted molar refractivity (Wildman–Crippen MR) is 112 cm³/mol. The van der Waals surface area contributed by atoms with Crippen LogP contribution in [-0.4, -0.2) is 14.8 Å². The molecular formula is C23H19F2N3S. The Kier molecular flexibility index (Phi) is 6.00. The van der Waals surface area contributed by atoms with Crippen molar-refractivity contribution in [1.82, 2.24) is 14.8 Å². The highest BCUT2D eigenvalue weighted by Crippen LogP contribution is 2.28. The zero-order valence-electron chi connectivity index (χ0n) is 15.6. The second-order valence-electron chi connectivity index (χ2n) is 6.55. The molecule has 146 valence electrons. The van der Waals surface area contributed by atoms with Crippen molar-refractivity contribution in [2.45, 2.75) is 23.9 Å². The van der Waals surface area contributed by atoms with Crippen molar-refractivity contribution in [3.63, 3.8) is 0 Å². The summed E-state index contributed by atoms with van der Waals surface area (Å²) in [7, 11) is 0. The van der Waals surface area contributed by atoms with Gasteiger partial charge in [-0.3, -0.25) is 0 Å². The first-order valence-corrected chi connectivity index (χ1v) is 10.3. The summed E-state index contributed by atoms with van der Waals surface area (Å²) < 4.78 is 30.3. The fourth-order valence-electron chi connectivity index (χ4n) is 3.08. The van der Waals surface area contributed by atoms with Crippen molar-refractivity contribution < 1.29 is 8.78 Å². The van der Waals surface area contributed by atoms with E-state index in [0.29, 0.717) is 34.4 Å². The van der Waals surface area contributed by atoms with Crippen molar-refractivity contribution in [3.8, 4) is 11.4 Å². The van der Waals surface area contributed by atoms with Gasteiger partial charge in [-0.1, -0.05) is 72.4 Å². The minimum Gasteiger partial charge on any atom is -0.302 e. The topological polar surface area (TPSA) is 30.7 Å². The molecule has 0 saturated heterocycles. The highest BCUT2D eigenvalue weighted by atomic mass is 32.2. The molecule has 1 aromatic heterocycles. The number of aryl methyl sites for hydroxylation is 1. The third kappa shape index (κ3) is 4.54. The molecule has 3 aromatic carbocycles. The number of benzene rings is 3. The van der Waals surface area contributed by atoms with Crippen LogP contribution in [-0.2, 0) is 18.7 Å². The first-order valence-electron chi connectivity index (χ1n) is 9.30. The van der Waals surface area contributed by atoms with Crippen molar-refractivity contribution >= 4 is 11.8 Å². The highest BCUT2D eigenvalue weighted by Gasteiger charge is 2.17. The minimum atomic E-state index is -0.341. The Hall–Kier alpha value is -2.99. The van der Waals surface area contributed by atoms with Gasteiger partial charge in [0.05, 0.1) is 5.56 Å². The summed E-state index contributed by atoms with van der Waals surface area (Å²) in [6.07, 6.45) is 0.758. The van der Waals surface area contributed by atoms with Gasteiger partial charge in [-0.05, 0) is 35.7 Å². The molecule has 0 radical (unpaired) electrons. The first kappa shape index (κ1) is 19.3. The molecule has 0 saturated carbocycles. The Labute approximate surface area is 172 Å². The number of thioether (sulfide) groups is 1. The second-order valence-corrected chi connectivity index (χ2v) is 7.50. The maximum absolute atomic E-state index is 14.4. The van der Waals surface area contributed by atoms with Gasteiger partial charge < -0.3 is 4.57 Å². The summed E-state index contributed by atoms with van der Waals surface area (Å²) in [5, 5.41) is 9.17. The zero-order chi connectivity index (χ0) is 20.1. The third-order valence-electron chi connectivity index (χ3n) is 4.61.